The van der Waals surface area contributed by atoms with Crippen LogP contribution in [0.25, 0.3) is 0 Å². The van der Waals surface area contributed by atoms with Gasteiger partial charge in [-0.2, -0.15) is 0 Å². The highest BCUT2D eigenvalue weighted by Gasteiger charge is 2.14. The number of nitrogens with one attached hydrogen (secondary N) is 1. The third kappa shape index (κ3) is 3.04. The Bertz CT molecular complexity index is 575. The largest absolute Gasteiger partial charge is 0.358 e. The van der Waals surface area contributed by atoms with Gasteiger partial charge in [-0.15, -0.1) is 11.3 Å². The summed E-state index contributed by atoms with van der Waals surface area (Å²) in [4.78, 5) is 17.7. The highest BCUT2D eigenvalue weighted by atomic mass is 32.1. The highest BCUT2D eigenvalue weighted by molar-refractivity contribution is 7.10. The first-order valence-corrected chi connectivity index (χ1v) is 7.38. The van der Waals surface area contributed by atoms with Gasteiger partial charge in [0.05, 0.1) is 6.04 Å². The first-order valence-electron chi connectivity index (χ1n) is 6.50. The fourth-order valence-electron chi connectivity index (χ4n) is 1.96. The van der Waals surface area contributed by atoms with E-state index in [4.69, 9.17) is 0 Å². The lowest BCUT2D eigenvalue weighted by atomic mass is 10.2. The number of aromatic nitrogens is 2. The first-order chi connectivity index (χ1) is 9.13. The van der Waals surface area contributed by atoms with E-state index in [9.17, 15) is 4.79 Å². The van der Waals surface area contributed by atoms with Gasteiger partial charge >= 0.3 is 0 Å². The summed E-state index contributed by atoms with van der Waals surface area (Å²) < 4.78 is 1.69. The van der Waals surface area contributed by atoms with Crippen molar-refractivity contribution in [1.82, 2.24) is 9.55 Å². The second-order valence-corrected chi connectivity index (χ2v) is 5.68. The molecule has 1 N–H and O–H groups in total. The highest BCUT2D eigenvalue weighted by Crippen LogP contribution is 2.24. The van der Waals surface area contributed by atoms with Gasteiger partial charge < -0.3 is 9.88 Å². The second-order valence-electron chi connectivity index (χ2n) is 4.70. The van der Waals surface area contributed by atoms with Crippen LogP contribution in [-0.4, -0.2) is 9.55 Å². The molecule has 0 aliphatic heterocycles. The molecule has 2 rings (SSSR count). The Kier molecular flexibility index (Phi) is 4.37. The van der Waals surface area contributed by atoms with Crippen molar-refractivity contribution >= 4 is 17.2 Å². The Labute approximate surface area is 117 Å². The molecular weight excluding hydrogens is 258 g/mol. The Morgan fingerprint density at radius 1 is 1.47 bits per heavy atom. The van der Waals surface area contributed by atoms with Crippen LogP contribution in [0.4, 0.5) is 5.82 Å². The van der Waals surface area contributed by atoms with Gasteiger partial charge in [0.15, 0.2) is 5.82 Å². The van der Waals surface area contributed by atoms with Gasteiger partial charge in [-0.25, -0.2) is 4.98 Å². The van der Waals surface area contributed by atoms with E-state index < -0.39 is 0 Å². The zero-order valence-electron chi connectivity index (χ0n) is 11.5. The molecule has 102 valence electrons. The van der Waals surface area contributed by atoms with Crippen molar-refractivity contribution in [1.29, 1.82) is 0 Å². The van der Waals surface area contributed by atoms with Crippen molar-refractivity contribution in [2.24, 2.45) is 0 Å². The van der Waals surface area contributed by atoms with Crippen LogP contribution in [0, 0.1) is 0 Å². The van der Waals surface area contributed by atoms with Gasteiger partial charge in [-0.1, -0.05) is 13.0 Å². The van der Waals surface area contributed by atoms with Crippen LogP contribution in [0.1, 0.15) is 44.2 Å². The molecule has 0 amide bonds. The lowest BCUT2D eigenvalue weighted by Crippen LogP contribution is -2.26. The van der Waals surface area contributed by atoms with Crippen molar-refractivity contribution in [2.75, 3.05) is 5.32 Å². The summed E-state index contributed by atoms with van der Waals surface area (Å²) in [5.74, 6) is 0.427. The quantitative estimate of drug-likeness (QED) is 0.910. The molecule has 0 radical (unpaired) electrons. The smallest absolute Gasteiger partial charge is 0.293 e. The molecular formula is C14H19N3OS. The summed E-state index contributed by atoms with van der Waals surface area (Å²) in [6, 6.07) is 4.38. The van der Waals surface area contributed by atoms with Gasteiger partial charge in [0.25, 0.3) is 5.56 Å². The van der Waals surface area contributed by atoms with Crippen LogP contribution in [-0.2, 0) is 0 Å². The summed E-state index contributed by atoms with van der Waals surface area (Å²) in [6.45, 7) is 6.07. The lowest BCUT2D eigenvalue weighted by Gasteiger charge is -2.17. The van der Waals surface area contributed by atoms with E-state index in [0.29, 0.717) is 5.82 Å². The maximum Gasteiger partial charge on any atom is 0.293 e. The van der Waals surface area contributed by atoms with Crippen molar-refractivity contribution in [3.8, 4) is 0 Å². The monoisotopic (exact) mass is 277 g/mol. The number of anilines is 1. The molecule has 0 saturated heterocycles. The van der Waals surface area contributed by atoms with E-state index in [1.165, 1.54) is 4.88 Å². The molecule has 4 nitrogen and oxygen atoms in total. The molecule has 0 spiro atoms. The fourth-order valence-corrected chi connectivity index (χ4v) is 2.82. The van der Waals surface area contributed by atoms with Gasteiger partial charge in [-0.05, 0) is 31.7 Å². The Morgan fingerprint density at radius 2 is 2.26 bits per heavy atom. The zero-order valence-corrected chi connectivity index (χ0v) is 12.3. The minimum absolute atomic E-state index is 0.0625. The van der Waals surface area contributed by atoms with E-state index >= 15 is 0 Å². The molecule has 2 aromatic heterocycles. The molecule has 0 fully saturated rings. The predicted octanol–water partition coefficient (Wildman–Crippen LogP) is 3.45. The third-order valence-corrected chi connectivity index (χ3v) is 4.02. The standard InChI is InChI=1S/C14H19N3OS/c1-4-11(12-6-5-9-19-12)16-13-14(18)17(10(2)3)8-7-15-13/h5-11H,4H2,1-3H3,(H,15,16). The molecule has 0 aliphatic rings. The van der Waals surface area contributed by atoms with Crippen LogP contribution in [0.2, 0.25) is 0 Å². The average molecular weight is 277 g/mol. The summed E-state index contributed by atoms with van der Waals surface area (Å²) in [7, 11) is 0. The van der Waals surface area contributed by atoms with E-state index in [1.807, 2.05) is 25.3 Å². The molecule has 19 heavy (non-hydrogen) atoms. The average Bonchev–Trinajstić information content (AvgIpc) is 2.91. The maximum absolute atomic E-state index is 12.3. The Balaban J connectivity index is 2.28. The predicted molar refractivity (Wildman–Crippen MR) is 79.9 cm³/mol. The summed E-state index contributed by atoms with van der Waals surface area (Å²) >= 11 is 1.69. The summed E-state index contributed by atoms with van der Waals surface area (Å²) in [5, 5.41) is 5.31. The second kappa shape index (κ2) is 6.02. The number of thiophene rings is 1. The molecule has 1 atom stereocenters. The first kappa shape index (κ1) is 13.8. The van der Waals surface area contributed by atoms with Crippen LogP contribution in [0.5, 0.6) is 0 Å². The lowest BCUT2D eigenvalue weighted by molar-refractivity contribution is 0.573. The van der Waals surface area contributed by atoms with E-state index in [2.05, 4.69) is 23.3 Å². The summed E-state index contributed by atoms with van der Waals surface area (Å²) in [6.07, 6.45) is 4.31. The number of hydrogen-bond donors (Lipinski definition) is 1. The SMILES string of the molecule is CCC(Nc1nccn(C(C)C)c1=O)c1cccs1. The van der Waals surface area contributed by atoms with Crippen LogP contribution in [0.15, 0.2) is 34.7 Å². The molecule has 5 heteroatoms. The normalized spacial score (nSPS) is 12.6. The molecule has 0 bridgehead atoms. The Hall–Kier alpha value is -1.62. The molecule has 0 aromatic carbocycles. The Morgan fingerprint density at radius 3 is 2.84 bits per heavy atom. The van der Waals surface area contributed by atoms with Crippen LogP contribution < -0.4 is 10.9 Å². The number of hydrogen-bond acceptors (Lipinski definition) is 4. The van der Waals surface area contributed by atoms with E-state index in [1.54, 1.807) is 28.3 Å². The molecule has 0 saturated carbocycles. The van der Waals surface area contributed by atoms with Crippen molar-refractivity contribution in [3.63, 3.8) is 0 Å². The van der Waals surface area contributed by atoms with Crippen LogP contribution in [0.3, 0.4) is 0 Å². The van der Waals surface area contributed by atoms with Gasteiger partial charge in [-0.3, -0.25) is 4.79 Å². The summed E-state index contributed by atoms with van der Waals surface area (Å²) in [5.41, 5.74) is -0.0625. The number of rotatable bonds is 5. The van der Waals surface area contributed by atoms with Crippen molar-refractivity contribution in [3.05, 3.63) is 45.1 Å². The number of nitrogens with zero attached hydrogens (tertiary/aromatic N) is 2. The topological polar surface area (TPSA) is 46.9 Å². The van der Waals surface area contributed by atoms with Crippen molar-refractivity contribution in [2.45, 2.75) is 39.3 Å². The van der Waals surface area contributed by atoms with Gasteiger partial charge in [0, 0.05) is 23.3 Å². The minimum atomic E-state index is -0.0625. The fraction of sp³-hybridized carbons (Fsp3) is 0.429. The molecule has 2 aromatic rings. The third-order valence-electron chi connectivity index (χ3n) is 3.03. The van der Waals surface area contributed by atoms with Crippen LogP contribution >= 0.6 is 11.3 Å². The van der Waals surface area contributed by atoms with E-state index in [0.717, 1.165) is 6.42 Å². The minimum Gasteiger partial charge on any atom is -0.358 e. The van der Waals surface area contributed by atoms with E-state index in [-0.39, 0.29) is 17.6 Å². The molecule has 1 unspecified atom stereocenters. The zero-order chi connectivity index (χ0) is 13.8. The van der Waals surface area contributed by atoms with Gasteiger partial charge in [0.1, 0.15) is 0 Å². The van der Waals surface area contributed by atoms with Gasteiger partial charge in [0.2, 0.25) is 0 Å². The van der Waals surface area contributed by atoms with Crippen molar-refractivity contribution < 1.29 is 0 Å². The molecule has 0 aliphatic carbocycles. The maximum atomic E-state index is 12.3. The molecule has 2 heterocycles.